The normalized spacial score (nSPS) is 13.6. The summed E-state index contributed by atoms with van der Waals surface area (Å²) in [6.45, 7) is 4.18. The van der Waals surface area contributed by atoms with E-state index in [1.807, 2.05) is 39.7 Å². The molecule has 0 radical (unpaired) electrons. The summed E-state index contributed by atoms with van der Waals surface area (Å²) in [5, 5.41) is 0.473. The molecule has 35 heavy (non-hydrogen) atoms. The number of fused-ring (bicyclic) bond motifs is 1. The van der Waals surface area contributed by atoms with Crippen molar-refractivity contribution in [3.63, 3.8) is 0 Å². The van der Waals surface area contributed by atoms with E-state index in [1.54, 1.807) is 31.8 Å². The lowest BCUT2D eigenvalue weighted by molar-refractivity contribution is 0.413. The molecule has 6 rings (SSSR count). The molecule has 0 aliphatic heterocycles. The molecule has 0 N–H and O–H groups in total. The van der Waals surface area contributed by atoms with Gasteiger partial charge in [-0.2, -0.15) is 0 Å². The number of hydrogen-bond acceptors (Lipinski definition) is 6. The summed E-state index contributed by atoms with van der Waals surface area (Å²) in [4.78, 5) is 31.9. The first-order valence-corrected chi connectivity index (χ1v) is 11.7. The molecule has 1 fully saturated rings. The molecule has 1 saturated carbocycles. The zero-order chi connectivity index (χ0) is 24.1. The van der Waals surface area contributed by atoms with E-state index in [2.05, 4.69) is 28.8 Å². The first kappa shape index (κ1) is 21.3. The molecule has 0 amide bonds. The molecule has 9 nitrogen and oxygen atoms in total. The standard InChI is InChI=1S/C26H25N7O2/c1-16(2)32-10-9-27-25(32)19-5-4-6-24(30-19)33-15-29-20-12-23(35-3)22(11-18(20)26(33)34)31-13-21(28-14-31)17-7-8-17/h4-6,9-17H,7-8H2,1-3H3. The molecule has 1 aromatic carbocycles. The van der Waals surface area contributed by atoms with Gasteiger partial charge in [0.25, 0.3) is 5.56 Å². The Hall–Kier alpha value is -4.27. The van der Waals surface area contributed by atoms with Gasteiger partial charge in [-0.25, -0.2) is 19.9 Å². The van der Waals surface area contributed by atoms with Crippen LogP contribution in [0.15, 0.2) is 66.4 Å². The van der Waals surface area contributed by atoms with Gasteiger partial charge in [0.05, 0.1) is 35.7 Å². The highest BCUT2D eigenvalue weighted by Gasteiger charge is 2.26. The third-order valence-electron chi connectivity index (χ3n) is 6.37. The van der Waals surface area contributed by atoms with Crippen LogP contribution in [0.25, 0.3) is 33.9 Å². The Balaban J connectivity index is 1.47. The van der Waals surface area contributed by atoms with Crippen LogP contribution in [-0.2, 0) is 0 Å². The second-order valence-electron chi connectivity index (χ2n) is 9.07. The van der Waals surface area contributed by atoms with Gasteiger partial charge >= 0.3 is 0 Å². The Kier molecular flexibility index (Phi) is 4.98. The van der Waals surface area contributed by atoms with E-state index in [0.29, 0.717) is 34.1 Å². The summed E-state index contributed by atoms with van der Waals surface area (Å²) < 4.78 is 11.0. The molecular formula is C26H25N7O2. The fourth-order valence-corrected chi connectivity index (χ4v) is 4.34. The molecule has 1 aliphatic carbocycles. The second kappa shape index (κ2) is 8.19. The van der Waals surface area contributed by atoms with E-state index in [-0.39, 0.29) is 11.6 Å². The van der Waals surface area contributed by atoms with Crippen molar-refractivity contribution in [1.82, 2.24) is 33.6 Å². The molecule has 0 bridgehead atoms. The van der Waals surface area contributed by atoms with Gasteiger partial charge in [-0.3, -0.25) is 9.36 Å². The van der Waals surface area contributed by atoms with Gasteiger partial charge in [-0.05, 0) is 44.9 Å². The maximum atomic E-state index is 13.6. The van der Waals surface area contributed by atoms with Crippen LogP contribution < -0.4 is 10.3 Å². The van der Waals surface area contributed by atoms with Crippen LogP contribution in [0.2, 0.25) is 0 Å². The number of pyridine rings is 1. The SMILES string of the molecule is COc1cc2ncn(-c3cccc(-c4nccn4C(C)C)n3)c(=O)c2cc1-n1cnc(C2CC2)c1. The number of aromatic nitrogens is 7. The Morgan fingerprint density at radius 3 is 2.71 bits per heavy atom. The Labute approximate surface area is 201 Å². The average Bonchev–Trinajstić information content (AvgIpc) is 3.39. The smallest absolute Gasteiger partial charge is 0.267 e. The largest absolute Gasteiger partial charge is 0.494 e. The van der Waals surface area contributed by atoms with Crippen molar-refractivity contribution in [2.24, 2.45) is 0 Å². The van der Waals surface area contributed by atoms with E-state index in [0.717, 1.165) is 17.2 Å². The van der Waals surface area contributed by atoms with Crippen LogP contribution in [0.3, 0.4) is 0 Å². The number of rotatable bonds is 6. The predicted octanol–water partition coefficient (Wildman–Crippen LogP) is 4.30. The predicted molar refractivity (Wildman–Crippen MR) is 132 cm³/mol. The third-order valence-corrected chi connectivity index (χ3v) is 6.37. The number of nitrogens with zero attached hydrogens (tertiary/aromatic N) is 7. The number of benzene rings is 1. The number of imidazole rings is 2. The minimum atomic E-state index is -0.210. The molecule has 4 heterocycles. The topological polar surface area (TPSA) is 92.6 Å². The minimum Gasteiger partial charge on any atom is -0.494 e. The van der Waals surface area contributed by atoms with Crippen LogP contribution in [0.1, 0.15) is 44.3 Å². The molecule has 0 spiro atoms. The van der Waals surface area contributed by atoms with Gasteiger partial charge in [0.15, 0.2) is 5.82 Å². The van der Waals surface area contributed by atoms with Crippen molar-refractivity contribution in [2.75, 3.05) is 7.11 Å². The maximum Gasteiger partial charge on any atom is 0.267 e. The molecule has 1 aliphatic rings. The fraction of sp³-hybridized carbons (Fsp3) is 0.269. The quantitative estimate of drug-likeness (QED) is 0.370. The highest BCUT2D eigenvalue weighted by Crippen LogP contribution is 2.39. The summed E-state index contributed by atoms with van der Waals surface area (Å²) in [5.41, 5.74) is 2.85. The Morgan fingerprint density at radius 2 is 1.94 bits per heavy atom. The lowest BCUT2D eigenvalue weighted by Gasteiger charge is -2.13. The zero-order valence-electron chi connectivity index (χ0n) is 19.8. The third kappa shape index (κ3) is 3.69. The average molecular weight is 468 g/mol. The van der Waals surface area contributed by atoms with Crippen molar-refractivity contribution in [3.05, 3.63) is 77.6 Å². The molecule has 0 unspecified atom stereocenters. The Morgan fingerprint density at radius 1 is 1.09 bits per heavy atom. The van der Waals surface area contributed by atoms with E-state index in [9.17, 15) is 4.79 Å². The number of hydrogen-bond donors (Lipinski definition) is 0. The van der Waals surface area contributed by atoms with Gasteiger partial charge in [0, 0.05) is 36.6 Å². The zero-order valence-corrected chi connectivity index (χ0v) is 19.8. The molecule has 0 atom stereocenters. The van der Waals surface area contributed by atoms with Gasteiger partial charge in [-0.1, -0.05) is 6.07 Å². The van der Waals surface area contributed by atoms with Crippen LogP contribution in [-0.4, -0.2) is 40.7 Å². The highest BCUT2D eigenvalue weighted by molar-refractivity contribution is 5.83. The molecule has 0 saturated heterocycles. The van der Waals surface area contributed by atoms with Crippen molar-refractivity contribution >= 4 is 10.9 Å². The lowest BCUT2D eigenvalue weighted by atomic mass is 10.2. The summed E-state index contributed by atoms with van der Waals surface area (Å²) in [7, 11) is 1.61. The van der Waals surface area contributed by atoms with Gasteiger partial charge in [0.1, 0.15) is 23.6 Å². The van der Waals surface area contributed by atoms with E-state index in [4.69, 9.17) is 9.72 Å². The first-order chi connectivity index (χ1) is 17.0. The number of ether oxygens (including phenoxy) is 1. The summed E-state index contributed by atoms with van der Waals surface area (Å²) in [6, 6.07) is 9.40. The van der Waals surface area contributed by atoms with Crippen molar-refractivity contribution in [1.29, 1.82) is 0 Å². The van der Waals surface area contributed by atoms with Crippen molar-refractivity contribution in [2.45, 2.75) is 38.6 Å². The summed E-state index contributed by atoms with van der Waals surface area (Å²) in [6.07, 6.45) is 11.3. The highest BCUT2D eigenvalue weighted by atomic mass is 16.5. The van der Waals surface area contributed by atoms with Gasteiger partial charge in [0.2, 0.25) is 0 Å². The van der Waals surface area contributed by atoms with E-state index in [1.165, 1.54) is 23.7 Å². The molecular weight excluding hydrogens is 442 g/mol. The first-order valence-electron chi connectivity index (χ1n) is 11.7. The molecule has 5 aromatic rings. The van der Waals surface area contributed by atoms with Gasteiger partial charge < -0.3 is 13.9 Å². The minimum absolute atomic E-state index is 0.210. The Bertz CT molecular complexity index is 1610. The lowest BCUT2D eigenvalue weighted by Crippen LogP contribution is -2.20. The van der Waals surface area contributed by atoms with Crippen molar-refractivity contribution in [3.8, 4) is 28.8 Å². The molecule has 9 heteroatoms. The van der Waals surface area contributed by atoms with Crippen LogP contribution in [0, 0.1) is 0 Å². The van der Waals surface area contributed by atoms with Crippen LogP contribution >= 0.6 is 0 Å². The molecule has 4 aromatic heterocycles. The van der Waals surface area contributed by atoms with E-state index < -0.39 is 0 Å². The monoisotopic (exact) mass is 467 g/mol. The fourth-order valence-electron chi connectivity index (χ4n) is 4.34. The number of methoxy groups -OCH3 is 1. The summed E-state index contributed by atoms with van der Waals surface area (Å²) >= 11 is 0. The molecule has 176 valence electrons. The summed E-state index contributed by atoms with van der Waals surface area (Å²) in [5.74, 6) is 2.40. The van der Waals surface area contributed by atoms with Crippen molar-refractivity contribution < 1.29 is 4.74 Å². The van der Waals surface area contributed by atoms with Crippen LogP contribution in [0.5, 0.6) is 5.75 Å². The second-order valence-corrected chi connectivity index (χ2v) is 9.07. The van der Waals surface area contributed by atoms with Crippen LogP contribution in [0.4, 0.5) is 0 Å². The maximum absolute atomic E-state index is 13.6. The van der Waals surface area contributed by atoms with Gasteiger partial charge in [-0.15, -0.1) is 0 Å². The van der Waals surface area contributed by atoms with E-state index >= 15 is 0 Å².